The van der Waals surface area contributed by atoms with E-state index in [1.165, 1.54) is 25.7 Å². The average molecular weight is 275 g/mol. The van der Waals surface area contributed by atoms with Crippen molar-refractivity contribution in [1.82, 2.24) is 5.32 Å². The van der Waals surface area contributed by atoms with Crippen molar-refractivity contribution in [3.63, 3.8) is 0 Å². The van der Waals surface area contributed by atoms with Gasteiger partial charge in [0.1, 0.15) is 0 Å². The van der Waals surface area contributed by atoms with Gasteiger partial charge in [0, 0.05) is 24.5 Å². The Hall–Kier alpha value is -1.71. The normalized spacial score (nSPS) is 21.1. The van der Waals surface area contributed by atoms with E-state index < -0.39 is 0 Å². The van der Waals surface area contributed by atoms with Crippen LogP contribution in [0.2, 0.25) is 0 Å². The van der Waals surface area contributed by atoms with Gasteiger partial charge in [-0.2, -0.15) is 0 Å². The highest BCUT2D eigenvalue weighted by Crippen LogP contribution is 2.36. The van der Waals surface area contributed by atoms with Crippen LogP contribution in [-0.2, 0) is 0 Å². The molecule has 20 heavy (non-hydrogen) atoms. The fourth-order valence-corrected chi connectivity index (χ4v) is 2.90. The summed E-state index contributed by atoms with van der Waals surface area (Å²) in [6.07, 6.45) is 5.06. The summed E-state index contributed by atoms with van der Waals surface area (Å²) in [6, 6.07) is 8.24. The van der Waals surface area contributed by atoms with E-state index in [0.29, 0.717) is 11.5 Å². The van der Waals surface area contributed by atoms with Gasteiger partial charge in [0.25, 0.3) is 0 Å². The number of benzene rings is 1. The zero-order valence-corrected chi connectivity index (χ0v) is 12.6. The maximum absolute atomic E-state index is 11.2. The Morgan fingerprint density at radius 2 is 1.85 bits per heavy atom. The largest absolute Gasteiger partial charge is 0.382 e. The minimum absolute atomic E-state index is 0.195. The van der Waals surface area contributed by atoms with E-state index in [0.717, 1.165) is 11.4 Å². The van der Waals surface area contributed by atoms with Gasteiger partial charge >= 0.3 is 6.03 Å². The molecule has 1 saturated carbocycles. The van der Waals surface area contributed by atoms with Crippen LogP contribution in [0.4, 0.5) is 16.2 Å². The average Bonchev–Trinajstić information content (AvgIpc) is 2.40. The van der Waals surface area contributed by atoms with Gasteiger partial charge in [-0.15, -0.1) is 0 Å². The van der Waals surface area contributed by atoms with Crippen molar-refractivity contribution < 1.29 is 4.79 Å². The van der Waals surface area contributed by atoms with Gasteiger partial charge in [0.05, 0.1) is 0 Å². The summed E-state index contributed by atoms with van der Waals surface area (Å²) >= 11 is 0. The second kappa shape index (κ2) is 6.16. The van der Waals surface area contributed by atoms with Gasteiger partial charge in [-0.1, -0.05) is 20.3 Å². The summed E-state index contributed by atoms with van der Waals surface area (Å²) < 4.78 is 0. The van der Waals surface area contributed by atoms with Crippen molar-refractivity contribution in [3.8, 4) is 0 Å². The third-order valence-electron chi connectivity index (χ3n) is 3.95. The van der Waals surface area contributed by atoms with Gasteiger partial charge in [0.2, 0.25) is 0 Å². The fraction of sp³-hybridized carbons (Fsp3) is 0.562. The van der Waals surface area contributed by atoms with Crippen LogP contribution in [0.15, 0.2) is 24.3 Å². The second-order valence-corrected chi connectivity index (χ2v) is 6.38. The van der Waals surface area contributed by atoms with E-state index in [-0.39, 0.29) is 6.03 Å². The molecule has 0 aliphatic heterocycles. The van der Waals surface area contributed by atoms with Crippen molar-refractivity contribution in [2.24, 2.45) is 5.41 Å². The molecule has 0 saturated heterocycles. The van der Waals surface area contributed by atoms with Crippen LogP contribution in [-0.4, -0.2) is 19.1 Å². The standard InChI is InChI=1S/C16H25N3O/c1-16(2)10-4-5-14(11-16)18-12-6-8-13(9-7-12)19-15(20)17-3/h6-9,14,18H,4-5,10-11H2,1-3H3,(H2,17,19,20). The smallest absolute Gasteiger partial charge is 0.318 e. The topological polar surface area (TPSA) is 53.2 Å². The molecule has 110 valence electrons. The Kier molecular flexibility index (Phi) is 4.53. The van der Waals surface area contributed by atoms with Crippen LogP contribution in [0.3, 0.4) is 0 Å². The summed E-state index contributed by atoms with van der Waals surface area (Å²) in [7, 11) is 1.61. The quantitative estimate of drug-likeness (QED) is 0.785. The molecule has 1 fully saturated rings. The first-order chi connectivity index (χ1) is 9.48. The molecule has 1 aliphatic rings. The molecule has 2 rings (SSSR count). The summed E-state index contributed by atoms with van der Waals surface area (Å²) in [5.41, 5.74) is 2.37. The van der Waals surface area contributed by atoms with Crippen LogP contribution >= 0.6 is 0 Å². The molecule has 1 unspecified atom stereocenters. The summed E-state index contributed by atoms with van der Waals surface area (Å²) in [4.78, 5) is 11.2. The predicted molar refractivity (Wildman–Crippen MR) is 84.2 cm³/mol. The maximum atomic E-state index is 11.2. The lowest BCUT2D eigenvalue weighted by Gasteiger charge is -2.36. The van der Waals surface area contributed by atoms with Gasteiger partial charge in [-0.25, -0.2) is 4.79 Å². The number of hydrogen-bond donors (Lipinski definition) is 3. The minimum Gasteiger partial charge on any atom is -0.382 e. The molecule has 1 aromatic carbocycles. The number of anilines is 2. The summed E-state index contributed by atoms with van der Waals surface area (Å²) in [6.45, 7) is 4.69. The SMILES string of the molecule is CNC(=O)Nc1ccc(NC2CCCC(C)(C)C2)cc1. The van der Waals surface area contributed by atoms with Crippen molar-refractivity contribution in [2.45, 2.75) is 45.6 Å². The number of urea groups is 1. The van der Waals surface area contributed by atoms with Crippen molar-refractivity contribution >= 4 is 17.4 Å². The van der Waals surface area contributed by atoms with E-state index in [1.54, 1.807) is 7.05 Å². The first-order valence-corrected chi connectivity index (χ1v) is 7.34. The van der Waals surface area contributed by atoms with Crippen LogP contribution in [0, 0.1) is 5.41 Å². The third kappa shape index (κ3) is 4.15. The van der Waals surface area contributed by atoms with Gasteiger partial charge < -0.3 is 16.0 Å². The molecule has 1 aromatic rings. The van der Waals surface area contributed by atoms with E-state index in [4.69, 9.17) is 0 Å². The molecule has 4 heteroatoms. The van der Waals surface area contributed by atoms with Gasteiger partial charge in [-0.3, -0.25) is 0 Å². The summed E-state index contributed by atoms with van der Waals surface area (Å²) in [5.74, 6) is 0. The van der Waals surface area contributed by atoms with E-state index in [1.807, 2.05) is 24.3 Å². The van der Waals surface area contributed by atoms with Crippen LogP contribution in [0.1, 0.15) is 39.5 Å². The number of hydrogen-bond acceptors (Lipinski definition) is 2. The molecule has 2 amide bonds. The Morgan fingerprint density at radius 1 is 1.20 bits per heavy atom. The van der Waals surface area contributed by atoms with E-state index in [9.17, 15) is 4.79 Å². The first kappa shape index (κ1) is 14.7. The van der Waals surface area contributed by atoms with Crippen LogP contribution < -0.4 is 16.0 Å². The van der Waals surface area contributed by atoms with Crippen LogP contribution in [0.25, 0.3) is 0 Å². The van der Waals surface area contributed by atoms with Crippen molar-refractivity contribution in [1.29, 1.82) is 0 Å². The molecule has 1 atom stereocenters. The number of carbonyl (C=O) groups excluding carboxylic acids is 1. The Labute approximate surface area is 121 Å². The predicted octanol–water partition coefficient (Wildman–Crippen LogP) is 3.82. The zero-order valence-electron chi connectivity index (χ0n) is 12.6. The highest BCUT2D eigenvalue weighted by molar-refractivity contribution is 5.89. The lowest BCUT2D eigenvalue weighted by molar-refractivity contribution is 0.229. The third-order valence-corrected chi connectivity index (χ3v) is 3.95. The highest BCUT2D eigenvalue weighted by Gasteiger charge is 2.27. The molecule has 0 spiro atoms. The molecule has 4 nitrogen and oxygen atoms in total. The number of rotatable bonds is 3. The first-order valence-electron chi connectivity index (χ1n) is 7.34. The van der Waals surface area contributed by atoms with Gasteiger partial charge in [0.15, 0.2) is 0 Å². The minimum atomic E-state index is -0.195. The summed E-state index contributed by atoms with van der Waals surface area (Å²) in [5, 5.41) is 8.90. The van der Waals surface area contributed by atoms with E-state index >= 15 is 0 Å². The van der Waals surface area contributed by atoms with Crippen molar-refractivity contribution in [2.75, 3.05) is 17.7 Å². The highest BCUT2D eigenvalue weighted by atomic mass is 16.2. The lowest BCUT2D eigenvalue weighted by atomic mass is 9.75. The molecular weight excluding hydrogens is 250 g/mol. The second-order valence-electron chi connectivity index (χ2n) is 6.38. The number of amides is 2. The molecular formula is C16H25N3O. The number of carbonyl (C=O) groups is 1. The van der Waals surface area contributed by atoms with Crippen molar-refractivity contribution in [3.05, 3.63) is 24.3 Å². The Bertz CT molecular complexity index is 453. The maximum Gasteiger partial charge on any atom is 0.318 e. The molecule has 3 N–H and O–H groups in total. The molecule has 0 heterocycles. The monoisotopic (exact) mass is 275 g/mol. The Morgan fingerprint density at radius 3 is 2.45 bits per heavy atom. The molecule has 0 aromatic heterocycles. The molecule has 0 bridgehead atoms. The fourth-order valence-electron chi connectivity index (χ4n) is 2.90. The lowest BCUT2D eigenvalue weighted by Crippen LogP contribution is -2.31. The van der Waals surface area contributed by atoms with Gasteiger partial charge in [-0.05, 0) is 48.9 Å². The van der Waals surface area contributed by atoms with Crippen LogP contribution in [0.5, 0.6) is 0 Å². The zero-order chi connectivity index (χ0) is 14.6. The molecule has 1 aliphatic carbocycles. The van der Waals surface area contributed by atoms with E-state index in [2.05, 4.69) is 29.8 Å². The molecule has 0 radical (unpaired) electrons. The Balaban J connectivity index is 1.92. The number of nitrogens with one attached hydrogen (secondary N) is 3.